The van der Waals surface area contributed by atoms with Crippen LogP contribution in [0, 0.1) is 0 Å². The average Bonchev–Trinajstić information content (AvgIpc) is 2.33. The van der Waals surface area contributed by atoms with Crippen molar-refractivity contribution in [2.24, 2.45) is 5.73 Å². The van der Waals surface area contributed by atoms with Gasteiger partial charge in [0, 0.05) is 5.02 Å². The third-order valence-electron chi connectivity index (χ3n) is 3.41. The second kappa shape index (κ2) is 6.62. The van der Waals surface area contributed by atoms with Gasteiger partial charge in [0.1, 0.15) is 17.4 Å². The molecule has 0 aromatic heterocycles. The van der Waals surface area contributed by atoms with Crippen LogP contribution in [-0.4, -0.2) is 23.4 Å². The molecule has 22 heavy (non-hydrogen) atoms. The van der Waals surface area contributed by atoms with Crippen LogP contribution in [0.2, 0.25) is 5.02 Å². The van der Waals surface area contributed by atoms with E-state index in [9.17, 15) is 23.1 Å². The molecular formula is C13H14Cl2F3NO3. The number of hydrogen-bond donors (Lipinski definition) is 2. The van der Waals surface area contributed by atoms with Gasteiger partial charge in [0.05, 0.1) is 0 Å². The number of carbonyl (C=O) groups excluding carboxylic acids is 1. The number of hydrogen-bond acceptors (Lipinski definition) is 4. The van der Waals surface area contributed by atoms with E-state index in [4.69, 9.17) is 17.3 Å². The van der Waals surface area contributed by atoms with Crippen molar-refractivity contribution in [2.45, 2.75) is 37.3 Å². The van der Waals surface area contributed by atoms with Gasteiger partial charge in [-0.3, -0.25) is 4.79 Å². The highest BCUT2D eigenvalue weighted by atomic mass is 35.5. The Hall–Kier alpha value is -1.02. The second-order valence-corrected chi connectivity index (χ2v) is 5.40. The van der Waals surface area contributed by atoms with Crippen LogP contribution in [0.5, 0.6) is 5.75 Å². The van der Waals surface area contributed by atoms with Crippen LogP contribution < -0.4 is 10.5 Å². The van der Waals surface area contributed by atoms with Gasteiger partial charge in [0.25, 0.3) is 0 Å². The normalized spacial score (nSPS) is 25.5. The van der Waals surface area contributed by atoms with Gasteiger partial charge in [-0.05, 0) is 43.0 Å². The first kappa shape index (κ1) is 19.0. The van der Waals surface area contributed by atoms with Crippen molar-refractivity contribution in [1.29, 1.82) is 0 Å². The minimum absolute atomic E-state index is 0. The Kier molecular flexibility index (Phi) is 5.72. The monoisotopic (exact) mass is 359 g/mol. The SMILES string of the molecule is Cl.NC1(c2cc(Cl)cc(OC(F)(F)F)c2)CCCC(O)C1=O. The summed E-state index contributed by atoms with van der Waals surface area (Å²) < 4.78 is 40.6. The molecule has 0 spiro atoms. The van der Waals surface area contributed by atoms with Crippen LogP contribution in [0.4, 0.5) is 13.2 Å². The summed E-state index contributed by atoms with van der Waals surface area (Å²) in [6.07, 6.45) is -5.13. The maximum atomic E-state index is 12.3. The van der Waals surface area contributed by atoms with Gasteiger partial charge in [-0.15, -0.1) is 25.6 Å². The molecular weight excluding hydrogens is 346 g/mol. The fraction of sp³-hybridized carbons (Fsp3) is 0.462. The molecule has 2 rings (SSSR count). The molecule has 0 amide bonds. The number of alkyl halides is 3. The lowest BCUT2D eigenvalue weighted by Crippen LogP contribution is -2.52. The van der Waals surface area contributed by atoms with E-state index in [0.29, 0.717) is 6.42 Å². The topological polar surface area (TPSA) is 72.6 Å². The lowest BCUT2D eigenvalue weighted by molar-refractivity contribution is -0.274. The van der Waals surface area contributed by atoms with Gasteiger partial charge in [-0.2, -0.15) is 0 Å². The maximum Gasteiger partial charge on any atom is 0.573 e. The Morgan fingerprint density at radius 3 is 2.59 bits per heavy atom. The van der Waals surface area contributed by atoms with Crippen molar-refractivity contribution in [2.75, 3.05) is 0 Å². The molecule has 1 aromatic carbocycles. The third-order valence-corrected chi connectivity index (χ3v) is 3.63. The lowest BCUT2D eigenvalue weighted by Gasteiger charge is -2.35. The number of nitrogens with two attached hydrogens (primary N) is 1. The molecule has 0 saturated heterocycles. The molecule has 0 heterocycles. The summed E-state index contributed by atoms with van der Waals surface area (Å²) >= 11 is 5.77. The molecule has 0 aliphatic heterocycles. The molecule has 124 valence electrons. The van der Waals surface area contributed by atoms with Crippen LogP contribution in [0.25, 0.3) is 0 Å². The van der Waals surface area contributed by atoms with Crippen molar-refractivity contribution in [3.63, 3.8) is 0 Å². The number of halogens is 5. The second-order valence-electron chi connectivity index (χ2n) is 4.97. The molecule has 9 heteroatoms. The van der Waals surface area contributed by atoms with Gasteiger partial charge in [-0.25, -0.2) is 0 Å². The Balaban J connectivity index is 0.00000242. The average molecular weight is 360 g/mol. The molecule has 1 aromatic rings. The first-order valence-corrected chi connectivity index (χ1v) is 6.58. The molecule has 0 radical (unpaired) electrons. The molecule has 1 saturated carbocycles. The number of aliphatic hydroxyl groups excluding tert-OH is 1. The van der Waals surface area contributed by atoms with Crippen molar-refractivity contribution in [3.8, 4) is 5.75 Å². The van der Waals surface area contributed by atoms with Gasteiger partial charge >= 0.3 is 6.36 Å². The number of aliphatic hydroxyl groups is 1. The van der Waals surface area contributed by atoms with E-state index in [2.05, 4.69) is 4.74 Å². The Bertz CT molecular complexity index is 568. The Morgan fingerprint density at radius 1 is 1.36 bits per heavy atom. The fourth-order valence-corrected chi connectivity index (χ4v) is 2.65. The molecule has 1 aliphatic rings. The third kappa shape index (κ3) is 4.04. The highest BCUT2D eigenvalue weighted by Gasteiger charge is 2.43. The Labute approximate surface area is 135 Å². The summed E-state index contributed by atoms with van der Waals surface area (Å²) in [7, 11) is 0. The van der Waals surface area contributed by atoms with E-state index >= 15 is 0 Å². The number of Topliss-reactive ketones (excluding diaryl/α,β-unsaturated/α-hetero) is 1. The van der Waals surface area contributed by atoms with Crippen LogP contribution in [0.15, 0.2) is 18.2 Å². The summed E-state index contributed by atoms with van der Waals surface area (Å²) in [5.74, 6) is -1.18. The van der Waals surface area contributed by atoms with Crippen LogP contribution >= 0.6 is 24.0 Å². The van der Waals surface area contributed by atoms with Gasteiger partial charge in [0.15, 0.2) is 5.78 Å². The quantitative estimate of drug-likeness (QED) is 0.851. The molecule has 0 bridgehead atoms. The van der Waals surface area contributed by atoms with E-state index in [1.807, 2.05) is 0 Å². The van der Waals surface area contributed by atoms with Crippen LogP contribution in [0.3, 0.4) is 0 Å². The first-order valence-electron chi connectivity index (χ1n) is 6.20. The van der Waals surface area contributed by atoms with E-state index < -0.39 is 29.5 Å². The maximum absolute atomic E-state index is 12.3. The van der Waals surface area contributed by atoms with Gasteiger partial charge in [0.2, 0.25) is 0 Å². The minimum atomic E-state index is -4.88. The number of benzene rings is 1. The fourth-order valence-electron chi connectivity index (χ4n) is 2.43. The van der Waals surface area contributed by atoms with E-state index in [0.717, 1.165) is 12.1 Å². The smallest absolute Gasteiger partial charge is 0.406 e. The van der Waals surface area contributed by atoms with Gasteiger partial charge in [-0.1, -0.05) is 11.6 Å². The van der Waals surface area contributed by atoms with E-state index in [1.165, 1.54) is 6.07 Å². The number of ether oxygens (including phenoxy) is 1. The minimum Gasteiger partial charge on any atom is -0.406 e. The predicted molar refractivity (Wildman–Crippen MR) is 76.1 cm³/mol. The first-order chi connectivity index (χ1) is 9.62. The van der Waals surface area contributed by atoms with Crippen molar-refractivity contribution in [1.82, 2.24) is 0 Å². The summed E-state index contributed by atoms with van der Waals surface area (Å²) in [6.45, 7) is 0. The molecule has 2 unspecified atom stereocenters. The summed E-state index contributed by atoms with van der Waals surface area (Å²) in [5.41, 5.74) is 4.54. The standard InChI is InChI=1S/C13H13ClF3NO3.ClH/c14-8-4-7(5-9(6-8)21-13(15,16)17)12(18)3-1-2-10(19)11(12)20;/h4-6,10,19H,1-3,18H2;1H. The molecule has 1 fully saturated rings. The predicted octanol–water partition coefficient (Wildman–Crippen LogP) is 2.93. The number of ketones is 1. The highest BCUT2D eigenvalue weighted by Crippen LogP contribution is 2.36. The Morgan fingerprint density at radius 2 is 2.00 bits per heavy atom. The lowest BCUT2D eigenvalue weighted by atomic mass is 9.75. The summed E-state index contributed by atoms with van der Waals surface area (Å²) in [6, 6.07) is 3.31. The molecule has 3 N–H and O–H groups in total. The molecule has 1 aliphatic carbocycles. The summed E-state index contributed by atoms with van der Waals surface area (Å²) in [5, 5.41) is 9.59. The highest BCUT2D eigenvalue weighted by molar-refractivity contribution is 6.30. The van der Waals surface area contributed by atoms with Crippen molar-refractivity contribution >= 4 is 29.8 Å². The molecule has 2 atom stereocenters. The zero-order chi connectivity index (χ0) is 15.8. The summed E-state index contributed by atoms with van der Waals surface area (Å²) in [4.78, 5) is 12.1. The largest absolute Gasteiger partial charge is 0.573 e. The zero-order valence-electron chi connectivity index (χ0n) is 11.2. The van der Waals surface area contributed by atoms with E-state index in [-0.39, 0.29) is 35.8 Å². The molecule has 4 nitrogen and oxygen atoms in total. The van der Waals surface area contributed by atoms with Gasteiger partial charge < -0.3 is 15.6 Å². The zero-order valence-corrected chi connectivity index (χ0v) is 12.8. The van der Waals surface area contributed by atoms with E-state index in [1.54, 1.807) is 0 Å². The van der Waals surface area contributed by atoms with Crippen LogP contribution in [0.1, 0.15) is 24.8 Å². The van der Waals surface area contributed by atoms with Crippen LogP contribution in [-0.2, 0) is 10.3 Å². The van der Waals surface area contributed by atoms with Crippen molar-refractivity contribution < 1.29 is 27.8 Å². The number of rotatable bonds is 2. The van der Waals surface area contributed by atoms with Crippen molar-refractivity contribution in [3.05, 3.63) is 28.8 Å². The number of carbonyl (C=O) groups is 1.